The van der Waals surface area contributed by atoms with Gasteiger partial charge in [-0.3, -0.25) is 4.99 Å². The highest BCUT2D eigenvalue weighted by molar-refractivity contribution is 7.89. The molecule has 0 heterocycles. The Morgan fingerprint density at radius 2 is 1.82 bits per heavy atom. The topological polar surface area (TPSA) is 88.2 Å². The molecule has 0 aliphatic carbocycles. The number of rotatable bonds is 5. The Hall–Kier alpha value is -1.80. The van der Waals surface area contributed by atoms with E-state index in [1.807, 2.05) is 44.1 Å². The summed E-state index contributed by atoms with van der Waals surface area (Å²) in [7, 11) is 5.29. The minimum Gasteiger partial charge on any atom is -0.495 e. The van der Waals surface area contributed by atoms with E-state index in [-0.39, 0.29) is 10.6 Å². The Balaban J connectivity index is 2.94. The van der Waals surface area contributed by atoms with Crippen molar-refractivity contribution in [2.24, 2.45) is 10.1 Å². The monoisotopic (exact) mass is 328 g/mol. The molecule has 1 rings (SSSR count). The third-order valence-electron chi connectivity index (χ3n) is 2.99. The smallest absolute Gasteiger partial charge is 0.241 e. The van der Waals surface area contributed by atoms with E-state index in [1.165, 1.54) is 13.2 Å². The first kappa shape index (κ1) is 18.2. The van der Waals surface area contributed by atoms with Crippen LogP contribution in [-0.2, 0) is 16.4 Å². The maximum absolute atomic E-state index is 11.6. The van der Waals surface area contributed by atoms with Crippen LogP contribution in [0.2, 0.25) is 0 Å². The number of hydrogen-bond acceptors (Lipinski definition) is 4. The second-order valence-corrected chi connectivity index (χ2v) is 6.78. The third kappa shape index (κ3) is 4.88. The molecular formula is C14H24N4O3S. The Kier molecular flexibility index (Phi) is 6.19. The molecule has 0 spiro atoms. The highest BCUT2D eigenvalue weighted by atomic mass is 32.2. The van der Waals surface area contributed by atoms with E-state index >= 15 is 0 Å². The van der Waals surface area contributed by atoms with E-state index < -0.39 is 10.0 Å². The lowest BCUT2D eigenvalue weighted by Gasteiger charge is -2.22. The van der Waals surface area contributed by atoms with Gasteiger partial charge >= 0.3 is 0 Å². The van der Waals surface area contributed by atoms with Crippen LogP contribution in [-0.4, -0.2) is 66.0 Å². The van der Waals surface area contributed by atoms with Crippen LogP contribution in [0.4, 0.5) is 0 Å². The van der Waals surface area contributed by atoms with Crippen molar-refractivity contribution in [3.63, 3.8) is 0 Å². The molecule has 0 unspecified atom stereocenters. The summed E-state index contributed by atoms with van der Waals surface area (Å²) in [5.74, 6) is 1.09. The molecule has 0 radical (unpaired) electrons. The summed E-state index contributed by atoms with van der Waals surface area (Å²) in [6, 6.07) is 4.96. The molecule has 0 aliphatic rings. The lowest BCUT2D eigenvalue weighted by Crippen LogP contribution is -2.35. The molecule has 7 nitrogen and oxygen atoms in total. The first-order valence-electron chi connectivity index (χ1n) is 6.75. The average Bonchev–Trinajstić information content (AvgIpc) is 2.41. The van der Waals surface area contributed by atoms with Crippen LogP contribution < -0.4 is 9.88 Å². The summed E-state index contributed by atoms with van der Waals surface area (Å²) < 4.78 is 28.2. The Morgan fingerprint density at radius 3 is 2.27 bits per heavy atom. The first-order chi connectivity index (χ1) is 10.2. The van der Waals surface area contributed by atoms with Gasteiger partial charge in [-0.25, -0.2) is 13.6 Å². The molecule has 1 aromatic rings. The zero-order chi connectivity index (χ0) is 16.9. The van der Waals surface area contributed by atoms with Crippen molar-refractivity contribution in [1.29, 1.82) is 0 Å². The predicted octanol–water partition coefficient (Wildman–Crippen LogP) is 0.364. The molecule has 0 saturated heterocycles. The minimum absolute atomic E-state index is 0.00285. The quantitative estimate of drug-likeness (QED) is 0.623. The fraction of sp³-hybridized carbons (Fsp3) is 0.500. The zero-order valence-electron chi connectivity index (χ0n) is 13.7. The third-order valence-corrected chi connectivity index (χ3v) is 3.92. The van der Waals surface area contributed by atoms with Crippen LogP contribution >= 0.6 is 0 Å². The minimum atomic E-state index is -3.81. The van der Waals surface area contributed by atoms with E-state index in [9.17, 15) is 8.42 Å². The number of nitrogens with two attached hydrogens (primary N) is 1. The first-order valence-corrected chi connectivity index (χ1v) is 8.30. The number of primary sulfonamides is 1. The molecule has 0 fully saturated rings. The lowest BCUT2D eigenvalue weighted by atomic mass is 10.1. The normalized spacial score (nSPS) is 11.0. The van der Waals surface area contributed by atoms with Gasteiger partial charge in [0.1, 0.15) is 10.6 Å². The number of sulfonamides is 1. The number of benzene rings is 1. The van der Waals surface area contributed by atoms with Crippen LogP contribution in [0.15, 0.2) is 28.1 Å². The summed E-state index contributed by atoms with van der Waals surface area (Å²) in [4.78, 5) is 8.35. The molecule has 1 aromatic carbocycles. The van der Waals surface area contributed by atoms with Crippen molar-refractivity contribution < 1.29 is 13.2 Å². The van der Waals surface area contributed by atoms with Gasteiger partial charge in [0.25, 0.3) is 0 Å². The zero-order valence-corrected chi connectivity index (χ0v) is 14.5. The van der Waals surface area contributed by atoms with E-state index in [4.69, 9.17) is 9.88 Å². The van der Waals surface area contributed by atoms with Crippen molar-refractivity contribution >= 4 is 16.0 Å². The van der Waals surface area contributed by atoms with E-state index in [0.717, 1.165) is 11.5 Å². The number of guanidine groups is 1. The summed E-state index contributed by atoms with van der Waals surface area (Å²) in [6.45, 7) is 0.544. The number of methoxy groups -OCH3 is 1. The van der Waals surface area contributed by atoms with Crippen molar-refractivity contribution in [3.8, 4) is 5.75 Å². The maximum Gasteiger partial charge on any atom is 0.241 e. The van der Waals surface area contributed by atoms with Gasteiger partial charge in [0.05, 0.1) is 7.11 Å². The fourth-order valence-electron chi connectivity index (χ4n) is 2.07. The van der Waals surface area contributed by atoms with Crippen molar-refractivity contribution in [2.75, 3.05) is 41.8 Å². The van der Waals surface area contributed by atoms with E-state index in [0.29, 0.717) is 13.0 Å². The van der Waals surface area contributed by atoms with Gasteiger partial charge in [-0.1, -0.05) is 6.07 Å². The van der Waals surface area contributed by atoms with Gasteiger partial charge in [0.2, 0.25) is 10.0 Å². The van der Waals surface area contributed by atoms with Crippen molar-refractivity contribution in [2.45, 2.75) is 11.3 Å². The summed E-state index contributed by atoms with van der Waals surface area (Å²) in [5.41, 5.74) is 0.838. The number of hydrogen-bond donors (Lipinski definition) is 1. The van der Waals surface area contributed by atoms with Gasteiger partial charge in [-0.15, -0.1) is 0 Å². The lowest BCUT2D eigenvalue weighted by molar-refractivity contribution is 0.402. The van der Waals surface area contributed by atoms with Crippen LogP contribution in [0.25, 0.3) is 0 Å². The number of aliphatic imine (C=N–C) groups is 1. The van der Waals surface area contributed by atoms with Gasteiger partial charge in [-0.2, -0.15) is 0 Å². The summed E-state index contributed by atoms with van der Waals surface area (Å²) in [5, 5.41) is 5.21. The molecule has 0 bridgehead atoms. The van der Waals surface area contributed by atoms with E-state index in [2.05, 4.69) is 4.99 Å². The molecule has 0 aliphatic heterocycles. The van der Waals surface area contributed by atoms with E-state index in [1.54, 1.807) is 6.07 Å². The van der Waals surface area contributed by atoms with Crippen molar-refractivity contribution in [1.82, 2.24) is 9.80 Å². The van der Waals surface area contributed by atoms with Crippen LogP contribution in [0.3, 0.4) is 0 Å². The molecular weight excluding hydrogens is 304 g/mol. The van der Waals surface area contributed by atoms with Gasteiger partial charge in [0.15, 0.2) is 5.96 Å². The average molecular weight is 328 g/mol. The fourth-order valence-corrected chi connectivity index (χ4v) is 2.81. The Morgan fingerprint density at radius 1 is 1.23 bits per heavy atom. The van der Waals surface area contributed by atoms with Crippen LogP contribution in [0.1, 0.15) is 5.56 Å². The number of nitrogens with zero attached hydrogens (tertiary/aromatic N) is 3. The summed E-state index contributed by atoms with van der Waals surface area (Å²) in [6.07, 6.45) is 0.609. The standard InChI is InChI=1S/C14H24N4O3S/c1-17(2)14(18(3)4)16-9-8-11-6-7-12(21-5)13(10-11)22(15,19)20/h6-7,10H,8-9H2,1-5H3,(H2,15,19,20). The second-order valence-electron chi connectivity index (χ2n) is 5.25. The molecule has 0 saturated carbocycles. The van der Waals surface area contributed by atoms with Gasteiger partial charge < -0.3 is 14.5 Å². The molecule has 8 heteroatoms. The highest BCUT2D eigenvalue weighted by Gasteiger charge is 2.15. The van der Waals surface area contributed by atoms with Gasteiger partial charge in [-0.05, 0) is 24.1 Å². The molecule has 22 heavy (non-hydrogen) atoms. The largest absolute Gasteiger partial charge is 0.495 e. The van der Waals surface area contributed by atoms with Crippen LogP contribution in [0, 0.1) is 0 Å². The Labute approximate surface area is 132 Å². The number of ether oxygens (including phenoxy) is 1. The van der Waals surface area contributed by atoms with Crippen LogP contribution in [0.5, 0.6) is 5.75 Å². The molecule has 124 valence electrons. The molecule has 0 atom stereocenters. The summed E-state index contributed by atoms with van der Waals surface area (Å²) >= 11 is 0. The highest BCUT2D eigenvalue weighted by Crippen LogP contribution is 2.23. The van der Waals surface area contributed by atoms with Crippen molar-refractivity contribution in [3.05, 3.63) is 23.8 Å². The molecule has 0 aromatic heterocycles. The predicted molar refractivity (Wildman–Crippen MR) is 87.7 cm³/mol. The van der Waals surface area contributed by atoms with Gasteiger partial charge in [0, 0.05) is 34.7 Å². The molecule has 2 N–H and O–H groups in total. The SMILES string of the molecule is COc1ccc(CCN=C(N(C)C)N(C)C)cc1S(N)(=O)=O. The second kappa shape index (κ2) is 7.46. The Bertz CT molecular complexity index is 629. The maximum atomic E-state index is 11.6. The molecule has 0 amide bonds.